The second kappa shape index (κ2) is 9.00. The van der Waals surface area contributed by atoms with Gasteiger partial charge in [0.1, 0.15) is 0 Å². The van der Waals surface area contributed by atoms with Crippen LogP contribution in [0.25, 0.3) is 0 Å². The van der Waals surface area contributed by atoms with E-state index in [1.807, 2.05) is 11.8 Å². The van der Waals surface area contributed by atoms with Gasteiger partial charge in [0.05, 0.1) is 0 Å². The maximum atomic E-state index is 5.57. The molecule has 0 aliphatic rings. The first-order valence-electron chi connectivity index (χ1n) is 4.54. The quantitative estimate of drug-likeness (QED) is 0.360. The molecule has 14 heavy (non-hydrogen) atoms. The van der Waals surface area contributed by atoms with Gasteiger partial charge in [-0.05, 0) is 17.9 Å². The van der Waals surface area contributed by atoms with Gasteiger partial charge in [0, 0.05) is 33.3 Å². The topological polar surface area (TPSA) is 27.7 Å². The van der Waals surface area contributed by atoms with Crippen LogP contribution in [0.15, 0.2) is 0 Å². The second-order valence-corrected chi connectivity index (χ2v) is 7.39. The first kappa shape index (κ1) is 14.7. The highest BCUT2D eigenvalue weighted by Crippen LogP contribution is 2.16. The summed E-state index contributed by atoms with van der Waals surface area (Å²) in [6, 6.07) is 0.851. The van der Waals surface area contributed by atoms with E-state index in [1.165, 1.54) is 0 Å². The van der Waals surface area contributed by atoms with E-state index in [-0.39, 0.29) is 0 Å². The summed E-state index contributed by atoms with van der Waals surface area (Å²) in [6.45, 7) is 0. The summed E-state index contributed by atoms with van der Waals surface area (Å²) >= 11 is 7.43. The van der Waals surface area contributed by atoms with E-state index in [9.17, 15) is 0 Å². The Bertz CT molecular complexity index is 127. The van der Waals surface area contributed by atoms with Crippen molar-refractivity contribution in [3.05, 3.63) is 0 Å². The smallest absolute Gasteiger partial charge is 0.377 e. The molecule has 0 amide bonds. The summed E-state index contributed by atoms with van der Waals surface area (Å²) in [5, 5.41) is 0. The molecule has 0 radical (unpaired) electrons. The molecule has 0 atom stereocenters. The van der Waals surface area contributed by atoms with E-state index in [2.05, 4.69) is 0 Å². The lowest BCUT2D eigenvalue weighted by atomic mass is 10.6. The lowest BCUT2D eigenvalue weighted by Gasteiger charge is -2.23. The molecule has 0 spiro atoms. The Labute approximate surface area is 96.8 Å². The molecule has 3 nitrogen and oxygen atoms in total. The number of rotatable bonds is 9. The van der Waals surface area contributed by atoms with Crippen LogP contribution in [0, 0.1) is 0 Å². The molecule has 0 aromatic carbocycles. The van der Waals surface area contributed by atoms with Crippen molar-refractivity contribution in [1.29, 1.82) is 0 Å². The fraction of sp³-hybridized carbons (Fsp3) is 1.00. The molecule has 0 unspecified atom stereocenters. The van der Waals surface area contributed by atoms with Crippen molar-refractivity contribution < 1.29 is 13.3 Å². The summed E-state index contributed by atoms with van der Waals surface area (Å²) in [5.74, 6) is 2.82. The standard InChI is InChI=1S/C8H19ClO3SSi/c1-10-14(11-2,12-3)8-7-13-6-4-5-9/h4-8H2,1-3H3. The van der Waals surface area contributed by atoms with E-state index < -0.39 is 8.80 Å². The SMILES string of the molecule is CO[Si](CCSCCCCl)(OC)OC. The first-order chi connectivity index (χ1) is 6.74. The van der Waals surface area contributed by atoms with Crippen LogP contribution in [0.4, 0.5) is 0 Å². The zero-order valence-electron chi connectivity index (χ0n) is 9.05. The molecule has 0 saturated heterocycles. The van der Waals surface area contributed by atoms with Crippen molar-refractivity contribution in [1.82, 2.24) is 0 Å². The van der Waals surface area contributed by atoms with Crippen LogP contribution in [0.2, 0.25) is 6.04 Å². The molecular formula is C8H19ClO3SSi. The predicted molar refractivity (Wildman–Crippen MR) is 64.3 cm³/mol. The third-order valence-corrected chi connectivity index (χ3v) is 6.34. The normalized spacial score (nSPS) is 12.0. The van der Waals surface area contributed by atoms with E-state index in [1.54, 1.807) is 21.3 Å². The molecule has 0 bridgehead atoms. The summed E-state index contributed by atoms with van der Waals surface area (Å²) in [5.41, 5.74) is 0. The molecule has 0 aliphatic carbocycles. The monoisotopic (exact) mass is 258 g/mol. The Morgan fingerprint density at radius 1 is 1.07 bits per heavy atom. The van der Waals surface area contributed by atoms with Crippen molar-refractivity contribution in [3.8, 4) is 0 Å². The van der Waals surface area contributed by atoms with Crippen molar-refractivity contribution in [2.45, 2.75) is 12.5 Å². The average Bonchev–Trinajstić information content (AvgIpc) is 2.24. The van der Waals surface area contributed by atoms with Crippen LogP contribution in [0.3, 0.4) is 0 Å². The second-order valence-electron chi connectivity index (χ2n) is 2.70. The number of halogens is 1. The van der Waals surface area contributed by atoms with E-state index in [4.69, 9.17) is 24.9 Å². The van der Waals surface area contributed by atoms with Gasteiger partial charge < -0.3 is 13.3 Å². The van der Waals surface area contributed by atoms with Crippen LogP contribution >= 0.6 is 23.4 Å². The minimum Gasteiger partial charge on any atom is -0.377 e. The van der Waals surface area contributed by atoms with Gasteiger partial charge in [-0.3, -0.25) is 0 Å². The van der Waals surface area contributed by atoms with Gasteiger partial charge >= 0.3 is 8.80 Å². The predicted octanol–water partition coefficient (Wildman–Crippen LogP) is 2.23. The van der Waals surface area contributed by atoms with Crippen LogP contribution in [-0.4, -0.2) is 47.5 Å². The molecule has 86 valence electrons. The third kappa shape index (κ3) is 5.58. The molecule has 0 heterocycles. The molecule has 0 rings (SSSR count). The molecule has 0 N–H and O–H groups in total. The average molecular weight is 259 g/mol. The highest BCUT2D eigenvalue weighted by Gasteiger charge is 2.36. The van der Waals surface area contributed by atoms with Gasteiger partial charge in [0.2, 0.25) is 0 Å². The highest BCUT2D eigenvalue weighted by atomic mass is 35.5. The summed E-state index contributed by atoms with van der Waals surface area (Å²) in [4.78, 5) is 0. The van der Waals surface area contributed by atoms with E-state index >= 15 is 0 Å². The van der Waals surface area contributed by atoms with Gasteiger partial charge in [-0.15, -0.1) is 11.6 Å². The Morgan fingerprint density at radius 2 is 1.64 bits per heavy atom. The van der Waals surface area contributed by atoms with Gasteiger partial charge in [0.15, 0.2) is 0 Å². The third-order valence-electron chi connectivity index (χ3n) is 1.91. The minimum atomic E-state index is -2.33. The van der Waals surface area contributed by atoms with Gasteiger partial charge in [-0.25, -0.2) is 0 Å². The fourth-order valence-electron chi connectivity index (χ4n) is 1.01. The Morgan fingerprint density at radius 3 is 2.07 bits per heavy atom. The number of alkyl halides is 1. The lowest BCUT2D eigenvalue weighted by molar-refractivity contribution is 0.125. The van der Waals surface area contributed by atoms with Crippen molar-refractivity contribution in [2.75, 3.05) is 38.7 Å². The van der Waals surface area contributed by atoms with Gasteiger partial charge in [-0.2, -0.15) is 11.8 Å². The Balaban J connectivity index is 3.61. The van der Waals surface area contributed by atoms with Crippen LogP contribution in [0.5, 0.6) is 0 Å². The summed E-state index contributed by atoms with van der Waals surface area (Å²) in [7, 11) is 2.59. The zero-order chi connectivity index (χ0) is 10.9. The fourth-order valence-corrected chi connectivity index (χ4v) is 4.55. The Kier molecular flexibility index (Phi) is 9.47. The molecular weight excluding hydrogens is 240 g/mol. The molecule has 0 aromatic rings. The molecule has 6 heteroatoms. The van der Waals surface area contributed by atoms with Crippen molar-refractivity contribution >= 4 is 32.2 Å². The maximum Gasteiger partial charge on any atom is 0.500 e. The largest absolute Gasteiger partial charge is 0.500 e. The lowest BCUT2D eigenvalue weighted by Crippen LogP contribution is -2.43. The number of thioether (sulfide) groups is 1. The Hall–Kier alpha value is 0.737. The van der Waals surface area contributed by atoms with E-state index in [0.717, 1.165) is 29.9 Å². The van der Waals surface area contributed by atoms with Crippen LogP contribution in [0.1, 0.15) is 6.42 Å². The number of hydrogen-bond donors (Lipinski definition) is 0. The van der Waals surface area contributed by atoms with Gasteiger partial charge in [0.25, 0.3) is 0 Å². The zero-order valence-corrected chi connectivity index (χ0v) is 11.6. The van der Waals surface area contributed by atoms with Gasteiger partial charge in [-0.1, -0.05) is 0 Å². The molecule has 0 saturated carbocycles. The minimum absolute atomic E-state index is 0.731. The number of hydrogen-bond acceptors (Lipinski definition) is 4. The van der Waals surface area contributed by atoms with Crippen LogP contribution in [-0.2, 0) is 13.3 Å². The molecule has 0 aromatic heterocycles. The van der Waals surface area contributed by atoms with E-state index in [0.29, 0.717) is 0 Å². The molecule has 0 aliphatic heterocycles. The first-order valence-corrected chi connectivity index (χ1v) is 8.16. The van der Waals surface area contributed by atoms with Crippen molar-refractivity contribution in [3.63, 3.8) is 0 Å². The summed E-state index contributed by atoms with van der Waals surface area (Å²) in [6.07, 6.45) is 1.05. The highest BCUT2D eigenvalue weighted by molar-refractivity contribution is 7.99. The summed E-state index contributed by atoms with van der Waals surface area (Å²) < 4.78 is 15.9. The van der Waals surface area contributed by atoms with Crippen LogP contribution < -0.4 is 0 Å². The molecule has 0 fully saturated rings. The maximum absolute atomic E-state index is 5.57. The van der Waals surface area contributed by atoms with Crippen molar-refractivity contribution in [2.24, 2.45) is 0 Å².